The summed E-state index contributed by atoms with van der Waals surface area (Å²) in [6.07, 6.45) is 21.8. The predicted molar refractivity (Wildman–Crippen MR) is 187 cm³/mol. The van der Waals surface area contributed by atoms with E-state index in [1.807, 2.05) is 0 Å². The van der Waals surface area contributed by atoms with Crippen molar-refractivity contribution in [3.63, 3.8) is 0 Å². The highest BCUT2D eigenvalue weighted by molar-refractivity contribution is 5.83. The third-order valence-corrected chi connectivity index (χ3v) is 8.76. The fourth-order valence-electron chi connectivity index (χ4n) is 6.28. The summed E-state index contributed by atoms with van der Waals surface area (Å²) >= 11 is 0. The Labute approximate surface area is 264 Å². The Morgan fingerprint density at radius 3 is 1.93 bits per heavy atom. The normalized spacial score (nSPS) is 13.2. The van der Waals surface area contributed by atoms with Gasteiger partial charge in [-0.3, -0.25) is 0 Å². The molecule has 0 spiro atoms. The fraction of sp³-hybridized carbons (Fsp3) is 0.561. The molecule has 0 fully saturated rings. The predicted octanol–water partition coefficient (Wildman–Crippen LogP) is 12.7. The van der Waals surface area contributed by atoms with E-state index in [1.165, 1.54) is 92.0 Å². The van der Waals surface area contributed by atoms with Crippen molar-refractivity contribution in [2.75, 3.05) is 0 Å². The molecule has 1 heterocycles. The van der Waals surface area contributed by atoms with E-state index in [2.05, 4.69) is 88.1 Å². The monoisotopic (exact) mass is 578 g/mol. The molecule has 1 aliphatic heterocycles. The van der Waals surface area contributed by atoms with Gasteiger partial charge in [0.05, 0.1) is 0 Å². The third-order valence-electron chi connectivity index (χ3n) is 8.76. The van der Waals surface area contributed by atoms with E-state index in [9.17, 15) is 5.53 Å². The smallest absolute Gasteiger partial charge is 0.211 e. The van der Waals surface area contributed by atoms with E-state index < -0.39 is 0 Å². The van der Waals surface area contributed by atoms with E-state index in [1.54, 1.807) is 4.70 Å². The second kappa shape index (κ2) is 20.1. The summed E-state index contributed by atoms with van der Waals surface area (Å²) in [5.74, 6) is 6.82. The van der Waals surface area contributed by atoms with Crippen LogP contribution in [0.1, 0.15) is 159 Å². The van der Waals surface area contributed by atoms with Crippen LogP contribution in [-0.4, -0.2) is 4.70 Å². The van der Waals surface area contributed by atoms with Gasteiger partial charge in [-0.1, -0.05) is 116 Å². The van der Waals surface area contributed by atoms with Crippen LogP contribution in [0.2, 0.25) is 0 Å². The molecule has 0 bridgehead atoms. The molecule has 0 unspecified atom stereocenters. The number of rotatable bonds is 20. The summed E-state index contributed by atoms with van der Waals surface area (Å²) in [5, 5.41) is 0. The highest BCUT2D eigenvalue weighted by atomic mass is 15.2. The van der Waals surface area contributed by atoms with Gasteiger partial charge in [-0.15, -0.1) is 11.8 Å². The zero-order valence-electron chi connectivity index (χ0n) is 27.9. The van der Waals surface area contributed by atoms with E-state index in [0.29, 0.717) is 0 Å². The van der Waals surface area contributed by atoms with Crippen molar-refractivity contribution >= 4 is 11.4 Å². The lowest BCUT2D eigenvalue weighted by Gasteiger charge is -2.13. The Kier molecular flexibility index (Phi) is 16.2. The Bertz CT molecular complexity index is 1270. The molecule has 232 valence electrons. The molecule has 0 radical (unpaired) electrons. The van der Waals surface area contributed by atoms with Crippen LogP contribution < -0.4 is 0 Å². The van der Waals surface area contributed by atoms with Crippen molar-refractivity contribution in [2.45, 2.75) is 150 Å². The summed E-state index contributed by atoms with van der Waals surface area (Å²) in [6, 6.07) is 17.7. The van der Waals surface area contributed by atoms with Crippen LogP contribution in [0, 0.1) is 11.8 Å². The molecule has 0 saturated carbocycles. The van der Waals surface area contributed by atoms with Crippen LogP contribution in [0.5, 0.6) is 0 Å². The molecule has 0 aliphatic carbocycles. The molecule has 2 aromatic rings. The topological polar surface area (TPSA) is 25.3 Å². The van der Waals surface area contributed by atoms with Crippen molar-refractivity contribution in [1.82, 2.24) is 0 Å². The van der Waals surface area contributed by atoms with E-state index in [-0.39, 0.29) is 0 Å². The zero-order valence-corrected chi connectivity index (χ0v) is 27.9. The first kappa shape index (κ1) is 34.6. The van der Waals surface area contributed by atoms with Gasteiger partial charge < -0.3 is 5.53 Å². The lowest BCUT2D eigenvalue weighted by atomic mass is 9.90. The molecule has 0 atom stereocenters. The Morgan fingerprint density at radius 2 is 1.19 bits per heavy atom. The van der Waals surface area contributed by atoms with Crippen LogP contribution in [0.25, 0.3) is 16.9 Å². The lowest BCUT2D eigenvalue weighted by molar-refractivity contribution is -0.345. The molecule has 2 aromatic carbocycles. The number of benzene rings is 2. The lowest BCUT2D eigenvalue weighted by Crippen LogP contribution is -2.05. The molecule has 3 rings (SSSR count). The van der Waals surface area contributed by atoms with Crippen molar-refractivity contribution in [3.05, 3.63) is 87.5 Å². The SMILES string of the molecule is CCCCCC#CCCc1ccccc1C1=C(CCCC)C(CCCCCC)=C(c2cccc(CCCCCC)c2)[N+]1=[N-]. The molecular weight excluding hydrogens is 520 g/mol. The summed E-state index contributed by atoms with van der Waals surface area (Å²) < 4.78 is 1.58. The van der Waals surface area contributed by atoms with Crippen LogP contribution in [0.3, 0.4) is 0 Å². The quantitative estimate of drug-likeness (QED) is 0.0848. The van der Waals surface area contributed by atoms with E-state index in [0.717, 1.165) is 74.7 Å². The van der Waals surface area contributed by atoms with Crippen molar-refractivity contribution in [3.8, 4) is 11.8 Å². The van der Waals surface area contributed by atoms with Crippen molar-refractivity contribution < 1.29 is 4.70 Å². The molecule has 1 aliphatic rings. The van der Waals surface area contributed by atoms with Crippen LogP contribution in [-0.2, 0) is 12.8 Å². The zero-order chi connectivity index (χ0) is 30.7. The number of allylic oxidation sites excluding steroid dienone is 2. The highest BCUT2D eigenvalue weighted by Gasteiger charge is 2.36. The maximum absolute atomic E-state index is 12.1. The van der Waals surface area contributed by atoms with Gasteiger partial charge in [0.2, 0.25) is 11.4 Å². The molecule has 0 amide bonds. The van der Waals surface area contributed by atoms with Crippen LogP contribution >= 0.6 is 0 Å². The van der Waals surface area contributed by atoms with Gasteiger partial charge in [0.1, 0.15) is 0 Å². The Hall–Kier alpha value is -2.92. The van der Waals surface area contributed by atoms with Gasteiger partial charge in [0, 0.05) is 35.1 Å². The van der Waals surface area contributed by atoms with Gasteiger partial charge >= 0.3 is 0 Å². The van der Waals surface area contributed by atoms with Crippen LogP contribution in [0.15, 0.2) is 59.7 Å². The fourth-order valence-corrected chi connectivity index (χ4v) is 6.28. The van der Waals surface area contributed by atoms with Gasteiger partial charge in [-0.25, -0.2) is 4.70 Å². The minimum Gasteiger partial charge on any atom is -0.493 e. The minimum atomic E-state index is 0.858. The first-order valence-electron chi connectivity index (χ1n) is 17.7. The maximum atomic E-state index is 12.1. The van der Waals surface area contributed by atoms with Gasteiger partial charge in [0.15, 0.2) is 0 Å². The molecule has 43 heavy (non-hydrogen) atoms. The standard InChI is InChI=1S/C41H58N2/c1-5-9-13-16-17-18-20-27-35-28-22-23-31-37(35)41-39(30-12-8-4)38(32-21-15-11-7-3)40(43(41)42)36-29-24-26-34(33-36)25-19-14-10-6-2/h22-24,26,28-29,31,33H,5-16,19-21,25,27,30,32H2,1-4H3. The molecule has 0 N–H and O–H groups in total. The molecular formula is C41H58N2. The Balaban J connectivity index is 1.99. The average molecular weight is 579 g/mol. The number of aryl methyl sites for hydroxylation is 2. The van der Waals surface area contributed by atoms with E-state index in [4.69, 9.17) is 0 Å². The average Bonchev–Trinajstić information content (AvgIpc) is 3.30. The van der Waals surface area contributed by atoms with Crippen molar-refractivity contribution in [2.24, 2.45) is 0 Å². The number of hydrogen-bond acceptors (Lipinski definition) is 0. The first-order valence-corrected chi connectivity index (χ1v) is 17.7. The summed E-state index contributed by atoms with van der Waals surface area (Å²) in [4.78, 5) is 0. The summed E-state index contributed by atoms with van der Waals surface area (Å²) in [7, 11) is 0. The summed E-state index contributed by atoms with van der Waals surface area (Å²) in [5.41, 5.74) is 21.8. The number of unbranched alkanes of at least 4 members (excludes halogenated alkanes) is 10. The second-order valence-corrected chi connectivity index (χ2v) is 12.4. The van der Waals surface area contributed by atoms with Crippen molar-refractivity contribution in [1.29, 1.82) is 0 Å². The highest BCUT2D eigenvalue weighted by Crippen LogP contribution is 2.45. The molecule has 0 aromatic heterocycles. The molecule has 2 nitrogen and oxygen atoms in total. The van der Waals surface area contributed by atoms with Gasteiger partial charge in [-0.05, 0) is 80.7 Å². The van der Waals surface area contributed by atoms with Gasteiger partial charge in [-0.2, -0.15) is 0 Å². The number of hydrogen-bond donors (Lipinski definition) is 0. The van der Waals surface area contributed by atoms with E-state index >= 15 is 0 Å². The molecule has 0 saturated heterocycles. The minimum absolute atomic E-state index is 0.858. The Morgan fingerprint density at radius 1 is 0.558 bits per heavy atom. The van der Waals surface area contributed by atoms with Crippen LogP contribution in [0.4, 0.5) is 0 Å². The number of nitrogens with zero attached hydrogens (tertiary/aromatic N) is 2. The molecule has 2 heteroatoms. The maximum Gasteiger partial charge on any atom is 0.211 e. The first-order chi connectivity index (χ1) is 21.2. The summed E-state index contributed by atoms with van der Waals surface area (Å²) in [6.45, 7) is 9.06. The second-order valence-electron chi connectivity index (χ2n) is 12.4. The third kappa shape index (κ3) is 10.6. The van der Waals surface area contributed by atoms with Gasteiger partial charge in [0.25, 0.3) is 0 Å². The largest absolute Gasteiger partial charge is 0.493 e.